The van der Waals surface area contributed by atoms with E-state index in [9.17, 15) is 4.79 Å². The third-order valence-electron chi connectivity index (χ3n) is 3.46. The first-order valence-corrected chi connectivity index (χ1v) is 6.34. The van der Waals surface area contributed by atoms with E-state index in [4.69, 9.17) is 0 Å². The molecule has 1 aliphatic heterocycles. The van der Waals surface area contributed by atoms with E-state index in [-0.39, 0.29) is 17.9 Å². The molecule has 3 nitrogen and oxygen atoms in total. The van der Waals surface area contributed by atoms with Gasteiger partial charge in [-0.2, -0.15) is 0 Å². The normalized spacial score (nSPS) is 23.6. The van der Waals surface area contributed by atoms with Crippen molar-refractivity contribution in [2.75, 3.05) is 11.9 Å². The van der Waals surface area contributed by atoms with Crippen molar-refractivity contribution in [3.63, 3.8) is 0 Å². The Hall–Kier alpha value is -1.35. The minimum Gasteiger partial charge on any atom is -0.326 e. The summed E-state index contributed by atoms with van der Waals surface area (Å²) < 4.78 is 0. The maximum atomic E-state index is 12.1. The summed E-state index contributed by atoms with van der Waals surface area (Å²) in [6.07, 6.45) is 1.92. The Morgan fingerprint density at radius 2 is 2.35 bits per heavy atom. The molecule has 1 aliphatic rings. The van der Waals surface area contributed by atoms with Gasteiger partial charge < -0.3 is 10.6 Å². The van der Waals surface area contributed by atoms with Gasteiger partial charge in [0.25, 0.3) is 0 Å². The summed E-state index contributed by atoms with van der Waals surface area (Å²) in [6, 6.07) is 8.35. The predicted molar refractivity (Wildman–Crippen MR) is 70.0 cm³/mol. The molecule has 1 heterocycles. The van der Waals surface area contributed by atoms with Crippen LogP contribution in [0.25, 0.3) is 0 Å². The molecule has 2 unspecified atom stereocenters. The van der Waals surface area contributed by atoms with Crippen molar-refractivity contribution in [3.05, 3.63) is 29.8 Å². The summed E-state index contributed by atoms with van der Waals surface area (Å²) in [5.41, 5.74) is 2.16. The Kier molecular flexibility index (Phi) is 3.79. The molecule has 0 aromatic heterocycles. The van der Waals surface area contributed by atoms with Crippen molar-refractivity contribution >= 4 is 11.6 Å². The van der Waals surface area contributed by atoms with Gasteiger partial charge in [0.2, 0.25) is 5.91 Å². The Balaban J connectivity index is 2.02. The highest BCUT2D eigenvalue weighted by molar-refractivity contribution is 5.93. The highest BCUT2D eigenvalue weighted by Gasteiger charge is 2.29. The maximum absolute atomic E-state index is 12.1. The van der Waals surface area contributed by atoms with Crippen molar-refractivity contribution in [1.29, 1.82) is 0 Å². The minimum atomic E-state index is 0.0975. The van der Waals surface area contributed by atoms with Crippen LogP contribution in [0, 0.1) is 5.92 Å². The Morgan fingerprint density at radius 1 is 1.53 bits per heavy atom. The largest absolute Gasteiger partial charge is 0.326 e. The molecule has 1 amide bonds. The Morgan fingerprint density at radius 3 is 3.00 bits per heavy atom. The second kappa shape index (κ2) is 5.32. The SMILES string of the molecule is CCc1cccc(NC(=O)C2CCNC2C)c1. The Bertz CT molecular complexity index is 403. The third-order valence-corrected chi connectivity index (χ3v) is 3.46. The second-order valence-electron chi connectivity index (χ2n) is 4.68. The van der Waals surface area contributed by atoms with Crippen molar-refractivity contribution in [2.24, 2.45) is 5.92 Å². The van der Waals surface area contributed by atoms with Crippen LogP contribution in [0.3, 0.4) is 0 Å². The molecule has 0 radical (unpaired) electrons. The topological polar surface area (TPSA) is 41.1 Å². The van der Waals surface area contributed by atoms with Crippen LogP contribution in [0.4, 0.5) is 5.69 Å². The van der Waals surface area contributed by atoms with Gasteiger partial charge in [0.1, 0.15) is 0 Å². The molecule has 1 aromatic rings. The summed E-state index contributed by atoms with van der Waals surface area (Å²) in [4.78, 5) is 12.1. The number of rotatable bonds is 3. The number of carbonyl (C=O) groups is 1. The molecule has 2 N–H and O–H groups in total. The number of anilines is 1. The molecule has 0 bridgehead atoms. The number of nitrogens with one attached hydrogen (secondary N) is 2. The van der Waals surface area contributed by atoms with Crippen LogP contribution >= 0.6 is 0 Å². The van der Waals surface area contributed by atoms with E-state index in [1.54, 1.807) is 0 Å². The molecule has 17 heavy (non-hydrogen) atoms. The monoisotopic (exact) mass is 232 g/mol. The molecule has 2 atom stereocenters. The van der Waals surface area contributed by atoms with E-state index >= 15 is 0 Å². The summed E-state index contributed by atoms with van der Waals surface area (Å²) in [6.45, 7) is 5.12. The van der Waals surface area contributed by atoms with Crippen LogP contribution in [-0.4, -0.2) is 18.5 Å². The molecule has 0 aliphatic carbocycles. The molecule has 0 saturated carbocycles. The molecule has 3 heteroatoms. The van der Waals surface area contributed by atoms with E-state index in [1.165, 1.54) is 5.56 Å². The highest BCUT2D eigenvalue weighted by Crippen LogP contribution is 2.18. The van der Waals surface area contributed by atoms with Gasteiger partial charge in [-0.05, 0) is 44.0 Å². The number of hydrogen-bond acceptors (Lipinski definition) is 2. The first kappa shape index (κ1) is 12.1. The molecule has 0 spiro atoms. The van der Waals surface area contributed by atoms with Gasteiger partial charge in [0.05, 0.1) is 5.92 Å². The van der Waals surface area contributed by atoms with Crippen LogP contribution in [0.15, 0.2) is 24.3 Å². The fourth-order valence-corrected chi connectivity index (χ4v) is 2.32. The maximum Gasteiger partial charge on any atom is 0.229 e. The lowest BCUT2D eigenvalue weighted by molar-refractivity contribution is -0.119. The highest BCUT2D eigenvalue weighted by atomic mass is 16.1. The standard InChI is InChI=1S/C14H20N2O/c1-3-11-5-4-6-12(9-11)16-14(17)13-7-8-15-10(13)2/h4-6,9-10,13,15H,3,7-8H2,1-2H3,(H,16,17). The fraction of sp³-hybridized carbons (Fsp3) is 0.500. The van der Waals surface area contributed by atoms with Gasteiger partial charge in [-0.15, -0.1) is 0 Å². The average Bonchev–Trinajstić information content (AvgIpc) is 2.76. The van der Waals surface area contributed by atoms with Crippen molar-refractivity contribution in [3.8, 4) is 0 Å². The zero-order valence-electron chi connectivity index (χ0n) is 10.5. The number of benzene rings is 1. The molecular weight excluding hydrogens is 212 g/mol. The summed E-state index contributed by atoms with van der Waals surface area (Å²) in [5, 5.41) is 6.31. The number of amides is 1. The molecule has 2 rings (SSSR count). The van der Waals surface area contributed by atoms with Gasteiger partial charge in [-0.1, -0.05) is 19.1 Å². The van der Waals surface area contributed by atoms with E-state index in [0.717, 1.165) is 25.1 Å². The van der Waals surface area contributed by atoms with Crippen LogP contribution in [0.2, 0.25) is 0 Å². The lowest BCUT2D eigenvalue weighted by atomic mass is 10.0. The summed E-state index contributed by atoms with van der Waals surface area (Å²) >= 11 is 0. The van der Waals surface area contributed by atoms with E-state index in [2.05, 4.69) is 30.5 Å². The molecule has 92 valence electrons. The van der Waals surface area contributed by atoms with Gasteiger partial charge in [-0.25, -0.2) is 0 Å². The zero-order chi connectivity index (χ0) is 12.3. The first-order valence-electron chi connectivity index (χ1n) is 6.34. The second-order valence-corrected chi connectivity index (χ2v) is 4.68. The molecule has 1 saturated heterocycles. The van der Waals surface area contributed by atoms with Crippen LogP contribution < -0.4 is 10.6 Å². The molecule has 1 fully saturated rings. The van der Waals surface area contributed by atoms with Crippen molar-refractivity contribution in [1.82, 2.24) is 5.32 Å². The number of hydrogen-bond donors (Lipinski definition) is 2. The quantitative estimate of drug-likeness (QED) is 0.838. The third kappa shape index (κ3) is 2.86. The van der Waals surface area contributed by atoms with Gasteiger partial charge in [-0.3, -0.25) is 4.79 Å². The van der Waals surface area contributed by atoms with Gasteiger partial charge >= 0.3 is 0 Å². The van der Waals surface area contributed by atoms with E-state index < -0.39 is 0 Å². The van der Waals surface area contributed by atoms with Crippen molar-refractivity contribution in [2.45, 2.75) is 32.7 Å². The zero-order valence-corrected chi connectivity index (χ0v) is 10.5. The van der Waals surface area contributed by atoms with Crippen LogP contribution in [0.1, 0.15) is 25.8 Å². The molecule has 1 aromatic carbocycles. The predicted octanol–water partition coefficient (Wildman–Crippen LogP) is 2.19. The van der Waals surface area contributed by atoms with Crippen LogP contribution in [0.5, 0.6) is 0 Å². The number of carbonyl (C=O) groups excluding carboxylic acids is 1. The van der Waals surface area contributed by atoms with Gasteiger partial charge in [0, 0.05) is 11.7 Å². The van der Waals surface area contributed by atoms with Crippen molar-refractivity contribution < 1.29 is 4.79 Å². The smallest absolute Gasteiger partial charge is 0.229 e. The summed E-state index contributed by atoms with van der Waals surface area (Å²) in [5.74, 6) is 0.232. The summed E-state index contributed by atoms with van der Waals surface area (Å²) in [7, 11) is 0. The van der Waals surface area contributed by atoms with E-state index in [0.29, 0.717) is 0 Å². The van der Waals surface area contributed by atoms with Crippen LogP contribution in [-0.2, 0) is 11.2 Å². The van der Waals surface area contributed by atoms with Gasteiger partial charge in [0.15, 0.2) is 0 Å². The first-order chi connectivity index (χ1) is 8.20. The minimum absolute atomic E-state index is 0.0975. The average molecular weight is 232 g/mol. The number of aryl methyl sites for hydroxylation is 1. The lowest BCUT2D eigenvalue weighted by Crippen LogP contribution is -2.32. The molecular formula is C14H20N2O. The fourth-order valence-electron chi connectivity index (χ4n) is 2.32. The Labute approximate surface area is 103 Å². The van der Waals surface area contributed by atoms with E-state index in [1.807, 2.05) is 18.2 Å². The lowest BCUT2D eigenvalue weighted by Gasteiger charge is -2.15.